The number of hydrogen-bond donors (Lipinski definition) is 1. The van der Waals surface area contributed by atoms with Crippen molar-refractivity contribution in [1.82, 2.24) is 4.90 Å². The first kappa shape index (κ1) is 15.6. The molecule has 4 heteroatoms. The van der Waals surface area contributed by atoms with Crippen molar-refractivity contribution in [3.05, 3.63) is 29.3 Å². The maximum absolute atomic E-state index is 8.93. The minimum absolute atomic E-state index is 0.308. The van der Waals surface area contributed by atoms with Crippen LogP contribution >= 0.6 is 11.6 Å². The van der Waals surface area contributed by atoms with Crippen molar-refractivity contribution in [2.24, 2.45) is 0 Å². The Bertz CT molecular complexity index is 400. The number of rotatable bonds is 8. The second-order valence-corrected chi connectivity index (χ2v) is 5.79. The predicted molar refractivity (Wildman–Crippen MR) is 82.5 cm³/mol. The fourth-order valence-corrected chi connectivity index (χ4v) is 3.04. The lowest BCUT2D eigenvalue weighted by Gasteiger charge is -2.24. The monoisotopic (exact) mass is 297 g/mol. The molecule has 1 unspecified atom stereocenters. The van der Waals surface area contributed by atoms with Crippen molar-refractivity contribution >= 4 is 11.6 Å². The van der Waals surface area contributed by atoms with E-state index in [9.17, 15) is 0 Å². The molecule has 1 aromatic rings. The maximum Gasteiger partial charge on any atom is 0.120 e. The Morgan fingerprint density at radius 1 is 1.35 bits per heavy atom. The second-order valence-electron chi connectivity index (χ2n) is 5.36. The van der Waals surface area contributed by atoms with Crippen molar-refractivity contribution in [3.8, 4) is 5.75 Å². The molecule has 1 aliphatic rings. The molecule has 0 amide bonds. The van der Waals surface area contributed by atoms with Crippen LogP contribution in [0, 0.1) is 0 Å². The summed E-state index contributed by atoms with van der Waals surface area (Å²) in [5.41, 5.74) is 0. The van der Waals surface area contributed by atoms with E-state index in [1.165, 1.54) is 19.4 Å². The lowest BCUT2D eigenvalue weighted by atomic mass is 10.1. The quantitative estimate of drug-likeness (QED) is 0.747. The summed E-state index contributed by atoms with van der Waals surface area (Å²) in [6, 6.07) is 8.20. The number of aliphatic hydroxyl groups is 1. The van der Waals surface area contributed by atoms with Gasteiger partial charge in [-0.2, -0.15) is 0 Å². The van der Waals surface area contributed by atoms with Crippen LogP contribution in [0.15, 0.2) is 24.3 Å². The van der Waals surface area contributed by atoms with Crippen molar-refractivity contribution < 1.29 is 9.84 Å². The Balaban J connectivity index is 1.65. The predicted octanol–water partition coefficient (Wildman–Crippen LogP) is 3.35. The van der Waals surface area contributed by atoms with Crippen LogP contribution < -0.4 is 4.74 Å². The average molecular weight is 298 g/mol. The number of halogens is 1. The molecule has 1 saturated heterocycles. The smallest absolute Gasteiger partial charge is 0.120 e. The third-order valence-corrected chi connectivity index (χ3v) is 4.08. The number of benzene rings is 1. The highest BCUT2D eigenvalue weighted by molar-refractivity contribution is 6.30. The number of likely N-dealkylation sites (tertiary alicyclic amines) is 1. The van der Waals surface area contributed by atoms with Gasteiger partial charge in [0.1, 0.15) is 5.75 Å². The first-order chi connectivity index (χ1) is 9.79. The largest absolute Gasteiger partial charge is 0.493 e. The van der Waals surface area contributed by atoms with E-state index in [-0.39, 0.29) is 0 Å². The molecule has 2 rings (SSSR count). The van der Waals surface area contributed by atoms with Gasteiger partial charge < -0.3 is 14.7 Å². The van der Waals surface area contributed by atoms with E-state index in [1.54, 1.807) is 0 Å². The van der Waals surface area contributed by atoms with Crippen LogP contribution in [0.2, 0.25) is 5.02 Å². The van der Waals surface area contributed by atoms with Crippen LogP contribution in [0.4, 0.5) is 0 Å². The SMILES string of the molecule is OCCCC1CCCN1CCCOc1cccc(Cl)c1. The van der Waals surface area contributed by atoms with Crippen LogP contribution in [0.5, 0.6) is 5.75 Å². The Morgan fingerprint density at radius 3 is 3.05 bits per heavy atom. The van der Waals surface area contributed by atoms with Crippen molar-refractivity contribution in [1.29, 1.82) is 0 Å². The summed E-state index contributed by atoms with van der Waals surface area (Å²) in [4.78, 5) is 2.54. The van der Waals surface area contributed by atoms with E-state index in [1.807, 2.05) is 24.3 Å². The molecule has 1 aromatic carbocycles. The van der Waals surface area contributed by atoms with Gasteiger partial charge in [0.2, 0.25) is 0 Å². The van der Waals surface area contributed by atoms with E-state index in [2.05, 4.69) is 4.90 Å². The number of hydrogen-bond acceptors (Lipinski definition) is 3. The highest BCUT2D eigenvalue weighted by Crippen LogP contribution is 2.21. The summed E-state index contributed by atoms with van der Waals surface area (Å²) in [6.07, 6.45) is 5.62. The molecular weight excluding hydrogens is 274 g/mol. The van der Waals surface area contributed by atoms with Crippen molar-refractivity contribution in [3.63, 3.8) is 0 Å². The van der Waals surface area contributed by atoms with E-state index >= 15 is 0 Å². The molecule has 0 aliphatic carbocycles. The molecule has 1 N–H and O–H groups in total. The molecule has 3 nitrogen and oxygen atoms in total. The molecule has 0 aromatic heterocycles. The summed E-state index contributed by atoms with van der Waals surface area (Å²) < 4.78 is 5.71. The van der Waals surface area contributed by atoms with Crippen LogP contribution in [0.3, 0.4) is 0 Å². The van der Waals surface area contributed by atoms with Crippen LogP contribution in [0.25, 0.3) is 0 Å². The molecule has 0 bridgehead atoms. The van der Waals surface area contributed by atoms with Gasteiger partial charge in [0, 0.05) is 24.2 Å². The van der Waals surface area contributed by atoms with Gasteiger partial charge in [-0.25, -0.2) is 0 Å². The molecule has 1 atom stereocenters. The zero-order chi connectivity index (χ0) is 14.2. The van der Waals surface area contributed by atoms with Crippen LogP contribution in [0.1, 0.15) is 32.1 Å². The van der Waals surface area contributed by atoms with Crippen LogP contribution in [-0.4, -0.2) is 42.4 Å². The van der Waals surface area contributed by atoms with Gasteiger partial charge >= 0.3 is 0 Å². The molecule has 1 aliphatic heterocycles. The van der Waals surface area contributed by atoms with Gasteiger partial charge in [0.05, 0.1) is 6.61 Å². The Morgan fingerprint density at radius 2 is 2.25 bits per heavy atom. The average Bonchev–Trinajstić information content (AvgIpc) is 2.89. The Labute approximate surface area is 126 Å². The third-order valence-electron chi connectivity index (χ3n) is 3.85. The van der Waals surface area contributed by atoms with E-state index in [0.29, 0.717) is 17.7 Å². The number of nitrogens with zero attached hydrogens (tertiary/aromatic N) is 1. The molecule has 0 radical (unpaired) electrons. The van der Waals surface area contributed by atoms with Gasteiger partial charge in [-0.15, -0.1) is 0 Å². The number of aliphatic hydroxyl groups excluding tert-OH is 1. The standard InChI is InChI=1S/C16H24ClNO2/c17-14-5-1-8-16(13-14)20-12-4-10-18-9-2-6-15(18)7-3-11-19/h1,5,8,13,15,19H,2-4,6-7,9-12H2. The second kappa shape index (κ2) is 8.50. The Hall–Kier alpha value is -0.770. The third kappa shape index (κ3) is 4.97. The molecule has 0 spiro atoms. The van der Waals surface area contributed by atoms with Crippen LogP contribution in [-0.2, 0) is 0 Å². The number of ether oxygens (including phenoxy) is 1. The van der Waals surface area contributed by atoms with Gasteiger partial charge in [0.15, 0.2) is 0 Å². The fourth-order valence-electron chi connectivity index (χ4n) is 2.86. The molecule has 1 heterocycles. The van der Waals surface area contributed by atoms with E-state index < -0.39 is 0 Å². The molecule has 0 saturated carbocycles. The summed E-state index contributed by atoms with van der Waals surface area (Å²) >= 11 is 5.92. The van der Waals surface area contributed by atoms with Gasteiger partial charge in [-0.1, -0.05) is 17.7 Å². The lowest BCUT2D eigenvalue weighted by molar-refractivity contribution is 0.199. The highest BCUT2D eigenvalue weighted by atomic mass is 35.5. The molecule has 20 heavy (non-hydrogen) atoms. The Kier molecular flexibility index (Phi) is 6.64. The molecule has 1 fully saturated rings. The summed E-state index contributed by atoms with van der Waals surface area (Å²) in [6.45, 7) is 3.30. The highest BCUT2D eigenvalue weighted by Gasteiger charge is 2.23. The molecular formula is C16H24ClNO2. The normalized spacial score (nSPS) is 19.4. The van der Waals surface area contributed by atoms with E-state index in [4.69, 9.17) is 21.4 Å². The lowest BCUT2D eigenvalue weighted by Crippen LogP contribution is -2.31. The van der Waals surface area contributed by atoms with Crippen molar-refractivity contribution in [2.75, 3.05) is 26.3 Å². The van der Waals surface area contributed by atoms with E-state index in [0.717, 1.165) is 38.2 Å². The minimum Gasteiger partial charge on any atom is -0.493 e. The van der Waals surface area contributed by atoms with Gasteiger partial charge in [-0.3, -0.25) is 0 Å². The first-order valence-electron chi connectivity index (χ1n) is 7.53. The minimum atomic E-state index is 0.308. The van der Waals surface area contributed by atoms with Crippen molar-refractivity contribution in [2.45, 2.75) is 38.1 Å². The zero-order valence-corrected chi connectivity index (χ0v) is 12.7. The fraction of sp³-hybridized carbons (Fsp3) is 0.625. The maximum atomic E-state index is 8.93. The summed E-state index contributed by atoms with van der Waals surface area (Å²) in [7, 11) is 0. The summed E-state index contributed by atoms with van der Waals surface area (Å²) in [5.74, 6) is 0.843. The topological polar surface area (TPSA) is 32.7 Å². The van der Waals surface area contributed by atoms with Gasteiger partial charge in [-0.05, 0) is 56.8 Å². The zero-order valence-electron chi connectivity index (χ0n) is 11.9. The molecule has 112 valence electrons. The summed E-state index contributed by atoms with van der Waals surface area (Å²) in [5, 5.41) is 9.64. The van der Waals surface area contributed by atoms with Gasteiger partial charge in [0.25, 0.3) is 0 Å². The first-order valence-corrected chi connectivity index (χ1v) is 7.90.